The van der Waals surface area contributed by atoms with E-state index in [-0.39, 0.29) is 11.4 Å². The number of aryl methyl sites for hydroxylation is 2. The fourth-order valence-electron chi connectivity index (χ4n) is 1.52. The Bertz CT molecular complexity index is 643. The van der Waals surface area contributed by atoms with Gasteiger partial charge in [-0.25, -0.2) is 4.68 Å². The summed E-state index contributed by atoms with van der Waals surface area (Å²) in [5.41, 5.74) is 0.137. The van der Waals surface area contributed by atoms with Crippen LogP contribution in [0.3, 0.4) is 0 Å². The van der Waals surface area contributed by atoms with Gasteiger partial charge in [0.1, 0.15) is 0 Å². The van der Waals surface area contributed by atoms with Crippen molar-refractivity contribution in [3.63, 3.8) is 0 Å². The Labute approximate surface area is 108 Å². The third kappa shape index (κ3) is 2.57. The first kappa shape index (κ1) is 12.7. The molecule has 0 aliphatic carbocycles. The second-order valence-corrected chi connectivity index (χ2v) is 3.86. The van der Waals surface area contributed by atoms with Crippen LogP contribution in [-0.2, 0) is 0 Å². The van der Waals surface area contributed by atoms with Crippen molar-refractivity contribution >= 4 is 11.9 Å². The van der Waals surface area contributed by atoms with Gasteiger partial charge in [0.2, 0.25) is 0 Å². The van der Waals surface area contributed by atoms with Gasteiger partial charge in [0.15, 0.2) is 17.4 Å². The number of nitro benzene ring substituents is 1. The van der Waals surface area contributed by atoms with Gasteiger partial charge in [0.25, 0.3) is 0 Å². The second-order valence-electron chi connectivity index (χ2n) is 3.86. The van der Waals surface area contributed by atoms with Gasteiger partial charge in [0, 0.05) is 11.6 Å². The topological polar surface area (TPSA) is 106 Å². The van der Waals surface area contributed by atoms with E-state index in [0.29, 0.717) is 17.2 Å². The molecule has 0 bridgehead atoms. The Morgan fingerprint density at radius 2 is 2.00 bits per heavy atom. The molecule has 2 rings (SSSR count). The number of hydrogen-bond donors (Lipinski definition) is 1. The van der Waals surface area contributed by atoms with Crippen LogP contribution >= 0.6 is 0 Å². The van der Waals surface area contributed by atoms with Gasteiger partial charge in [-0.15, -0.1) is 10.2 Å². The average molecular weight is 261 g/mol. The monoisotopic (exact) mass is 261 g/mol. The predicted octanol–water partition coefficient (Wildman–Crippen LogP) is 1.39. The molecule has 0 aliphatic rings. The molecule has 0 radical (unpaired) electrons. The SMILES string of the molecule is Cc1nnc(C)n1N=Cc1ccc(O)c([N+](=O)[O-])c1. The third-order valence-electron chi connectivity index (χ3n) is 2.47. The van der Waals surface area contributed by atoms with Crippen LogP contribution in [0.25, 0.3) is 0 Å². The molecule has 0 fully saturated rings. The molecule has 1 aromatic carbocycles. The summed E-state index contributed by atoms with van der Waals surface area (Å²) in [6, 6.07) is 4.03. The zero-order valence-corrected chi connectivity index (χ0v) is 10.3. The Morgan fingerprint density at radius 3 is 2.58 bits per heavy atom. The zero-order chi connectivity index (χ0) is 14.0. The summed E-state index contributed by atoms with van der Waals surface area (Å²) < 4.78 is 1.51. The first-order valence-electron chi connectivity index (χ1n) is 5.39. The van der Waals surface area contributed by atoms with E-state index in [1.54, 1.807) is 13.8 Å². The maximum atomic E-state index is 10.7. The van der Waals surface area contributed by atoms with Crippen LogP contribution in [0.4, 0.5) is 5.69 Å². The van der Waals surface area contributed by atoms with Gasteiger partial charge in [-0.05, 0) is 26.0 Å². The van der Waals surface area contributed by atoms with Gasteiger partial charge >= 0.3 is 5.69 Å². The van der Waals surface area contributed by atoms with Crippen molar-refractivity contribution in [3.8, 4) is 5.75 Å². The highest BCUT2D eigenvalue weighted by atomic mass is 16.6. The number of nitrogens with zero attached hydrogens (tertiary/aromatic N) is 5. The van der Waals surface area contributed by atoms with Crippen LogP contribution in [0.2, 0.25) is 0 Å². The minimum absolute atomic E-state index is 0.360. The number of aromatic nitrogens is 3. The van der Waals surface area contributed by atoms with Gasteiger partial charge in [0.05, 0.1) is 11.1 Å². The van der Waals surface area contributed by atoms with E-state index >= 15 is 0 Å². The molecule has 1 aromatic heterocycles. The van der Waals surface area contributed by atoms with Gasteiger partial charge in [-0.2, -0.15) is 5.10 Å². The van der Waals surface area contributed by atoms with Crippen molar-refractivity contribution < 1.29 is 10.0 Å². The lowest BCUT2D eigenvalue weighted by Gasteiger charge is -1.99. The van der Waals surface area contributed by atoms with E-state index in [2.05, 4.69) is 15.3 Å². The lowest BCUT2D eigenvalue weighted by Crippen LogP contribution is -1.97. The highest BCUT2D eigenvalue weighted by molar-refractivity contribution is 5.81. The third-order valence-corrected chi connectivity index (χ3v) is 2.47. The number of phenols is 1. The smallest absolute Gasteiger partial charge is 0.311 e. The minimum atomic E-state index is -0.651. The molecule has 0 aliphatic heterocycles. The first-order valence-corrected chi connectivity index (χ1v) is 5.39. The predicted molar refractivity (Wildman–Crippen MR) is 67.2 cm³/mol. The number of phenolic OH excluding ortho intramolecular Hbond substituents is 1. The van der Waals surface area contributed by atoms with Gasteiger partial charge < -0.3 is 5.11 Å². The summed E-state index contributed by atoms with van der Waals surface area (Å²) in [7, 11) is 0. The largest absolute Gasteiger partial charge is 0.502 e. The van der Waals surface area contributed by atoms with Gasteiger partial charge in [-0.1, -0.05) is 0 Å². The standard InChI is InChI=1S/C11H11N5O3/c1-7-13-14-8(2)15(7)12-6-9-3-4-11(17)10(5-9)16(18)19/h3-6,17H,1-2H3. The second kappa shape index (κ2) is 4.84. The van der Waals surface area contributed by atoms with Crippen LogP contribution in [0.1, 0.15) is 17.2 Å². The number of aromatic hydroxyl groups is 1. The molecule has 0 spiro atoms. The molecular weight excluding hydrogens is 250 g/mol. The highest BCUT2D eigenvalue weighted by Crippen LogP contribution is 2.25. The Balaban J connectivity index is 2.34. The van der Waals surface area contributed by atoms with Crippen LogP contribution < -0.4 is 0 Å². The molecular formula is C11H11N5O3. The van der Waals surface area contributed by atoms with Crippen LogP contribution in [0, 0.1) is 24.0 Å². The fraction of sp³-hybridized carbons (Fsp3) is 0.182. The van der Waals surface area contributed by atoms with Crippen LogP contribution in [-0.4, -0.2) is 31.1 Å². The van der Waals surface area contributed by atoms with Gasteiger partial charge in [-0.3, -0.25) is 10.1 Å². The molecule has 8 nitrogen and oxygen atoms in total. The molecule has 19 heavy (non-hydrogen) atoms. The number of rotatable bonds is 3. The van der Waals surface area contributed by atoms with Crippen molar-refractivity contribution in [2.45, 2.75) is 13.8 Å². The zero-order valence-electron chi connectivity index (χ0n) is 10.3. The fourth-order valence-corrected chi connectivity index (χ4v) is 1.52. The van der Waals surface area contributed by atoms with Crippen molar-refractivity contribution in [2.24, 2.45) is 5.10 Å². The highest BCUT2D eigenvalue weighted by Gasteiger charge is 2.12. The molecule has 0 amide bonds. The molecule has 98 valence electrons. The molecule has 0 saturated heterocycles. The molecule has 2 aromatic rings. The lowest BCUT2D eigenvalue weighted by molar-refractivity contribution is -0.385. The summed E-state index contributed by atoms with van der Waals surface area (Å²) in [6.07, 6.45) is 1.44. The molecule has 8 heteroatoms. The number of nitro groups is 1. The summed E-state index contributed by atoms with van der Waals surface area (Å²) >= 11 is 0. The molecule has 0 saturated carbocycles. The molecule has 0 atom stereocenters. The Kier molecular flexibility index (Phi) is 3.23. The van der Waals surface area contributed by atoms with E-state index in [1.165, 1.54) is 29.1 Å². The number of benzene rings is 1. The first-order chi connectivity index (χ1) is 8.99. The normalized spacial score (nSPS) is 11.1. The molecule has 0 unspecified atom stereocenters. The van der Waals surface area contributed by atoms with E-state index < -0.39 is 4.92 Å². The minimum Gasteiger partial charge on any atom is -0.502 e. The maximum absolute atomic E-state index is 10.7. The summed E-state index contributed by atoms with van der Waals surface area (Å²) in [5, 5.41) is 31.8. The summed E-state index contributed by atoms with van der Waals surface area (Å²) in [4.78, 5) is 10.0. The van der Waals surface area contributed by atoms with Crippen molar-refractivity contribution in [2.75, 3.05) is 0 Å². The van der Waals surface area contributed by atoms with Crippen molar-refractivity contribution in [1.82, 2.24) is 14.9 Å². The molecule has 1 N–H and O–H groups in total. The van der Waals surface area contributed by atoms with Crippen molar-refractivity contribution in [1.29, 1.82) is 0 Å². The lowest BCUT2D eigenvalue weighted by atomic mass is 10.2. The number of hydrogen-bond acceptors (Lipinski definition) is 6. The van der Waals surface area contributed by atoms with E-state index in [0.717, 1.165) is 0 Å². The Hall–Kier alpha value is -2.77. The van der Waals surface area contributed by atoms with Crippen LogP contribution in [0.15, 0.2) is 23.3 Å². The van der Waals surface area contributed by atoms with E-state index in [4.69, 9.17) is 0 Å². The summed E-state index contributed by atoms with van der Waals surface area (Å²) in [5.74, 6) is 0.850. The maximum Gasteiger partial charge on any atom is 0.311 e. The van der Waals surface area contributed by atoms with E-state index in [9.17, 15) is 15.2 Å². The van der Waals surface area contributed by atoms with E-state index in [1.807, 2.05) is 0 Å². The average Bonchev–Trinajstić information content (AvgIpc) is 2.68. The van der Waals surface area contributed by atoms with Crippen LogP contribution in [0.5, 0.6) is 5.75 Å². The quantitative estimate of drug-likeness (QED) is 0.510. The summed E-state index contributed by atoms with van der Waals surface area (Å²) in [6.45, 7) is 3.49. The molecule has 1 heterocycles. The Morgan fingerprint density at radius 1 is 1.37 bits per heavy atom. The van der Waals surface area contributed by atoms with Crippen molar-refractivity contribution in [3.05, 3.63) is 45.5 Å².